The molecule has 6 heteroatoms. The van der Waals surface area contributed by atoms with E-state index in [-0.39, 0.29) is 11.8 Å². The Balaban J connectivity index is 1.66. The number of pyridine rings is 1. The van der Waals surface area contributed by atoms with Crippen molar-refractivity contribution in [3.8, 4) is 0 Å². The van der Waals surface area contributed by atoms with E-state index in [2.05, 4.69) is 27.1 Å². The Morgan fingerprint density at radius 3 is 3.27 bits per heavy atom. The summed E-state index contributed by atoms with van der Waals surface area (Å²) >= 11 is 1.61. The lowest BCUT2D eigenvalue weighted by Gasteiger charge is -2.31. The molecule has 1 aliphatic heterocycles. The van der Waals surface area contributed by atoms with Crippen LogP contribution in [-0.2, 0) is 4.79 Å². The molecule has 118 valence electrons. The normalized spacial score (nSPS) is 18.6. The molecular weight excluding hydrogens is 296 g/mol. The summed E-state index contributed by atoms with van der Waals surface area (Å²) in [6.07, 6.45) is 5.96. The van der Waals surface area contributed by atoms with Crippen molar-refractivity contribution in [3.63, 3.8) is 0 Å². The summed E-state index contributed by atoms with van der Waals surface area (Å²) in [5.41, 5.74) is 0.942. The van der Waals surface area contributed by atoms with E-state index < -0.39 is 0 Å². The number of rotatable bonds is 5. The van der Waals surface area contributed by atoms with Gasteiger partial charge in [0.25, 0.3) is 0 Å². The van der Waals surface area contributed by atoms with Gasteiger partial charge in [0.15, 0.2) is 5.13 Å². The number of hydrogen-bond acceptors (Lipinski definition) is 5. The first kappa shape index (κ1) is 15.2. The van der Waals surface area contributed by atoms with Gasteiger partial charge in [-0.3, -0.25) is 4.79 Å². The molecule has 2 aromatic rings. The summed E-state index contributed by atoms with van der Waals surface area (Å²) in [7, 11) is 0. The fourth-order valence-corrected chi connectivity index (χ4v) is 3.73. The molecule has 2 aromatic heterocycles. The lowest BCUT2D eigenvalue weighted by molar-refractivity contribution is -0.125. The highest BCUT2D eigenvalue weighted by Gasteiger charge is 2.27. The second-order valence-corrected chi connectivity index (χ2v) is 6.71. The average molecular weight is 318 g/mol. The molecule has 0 aromatic carbocycles. The first-order valence-corrected chi connectivity index (χ1v) is 8.84. The molecule has 0 aliphatic carbocycles. The number of aromatic nitrogens is 2. The summed E-state index contributed by atoms with van der Waals surface area (Å²) < 4.78 is 0. The smallest absolute Gasteiger partial charge is 0.224 e. The molecule has 0 spiro atoms. The van der Waals surface area contributed by atoms with Crippen molar-refractivity contribution in [2.45, 2.75) is 32.6 Å². The Morgan fingerprint density at radius 1 is 1.55 bits per heavy atom. The summed E-state index contributed by atoms with van der Waals surface area (Å²) in [4.78, 5) is 24.5. The average Bonchev–Trinajstić information content (AvgIpc) is 2.99. The molecule has 3 rings (SSSR count). The van der Waals surface area contributed by atoms with Gasteiger partial charge in [0, 0.05) is 25.8 Å². The first-order chi connectivity index (χ1) is 10.8. The number of nitrogens with zero attached hydrogens (tertiary/aromatic N) is 3. The van der Waals surface area contributed by atoms with Crippen LogP contribution in [0.25, 0.3) is 10.3 Å². The molecule has 1 amide bonds. The van der Waals surface area contributed by atoms with E-state index in [0.717, 1.165) is 60.8 Å². The minimum Gasteiger partial charge on any atom is -0.356 e. The van der Waals surface area contributed by atoms with E-state index in [0.29, 0.717) is 0 Å². The van der Waals surface area contributed by atoms with Crippen molar-refractivity contribution in [2.24, 2.45) is 5.92 Å². The molecule has 0 radical (unpaired) electrons. The van der Waals surface area contributed by atoms with E-state index >= 15 is 0 Å². The third-order valence-corrected chi connectivity index (χ3v) is 5.09. The maximum absolute atomic E-state index is 12.3. The number of anilines is 1. The topological polar surface area (TPSA) is 58.1 Å². The summed E-state index contributed by atoms with van der Waals surface area (Å²) in [5, 5.41) is 4.04. The lowest BCUT2D eigenvalue weighted by atomic mass is 9.97. The quantitative estimate of drug-likeness (QED) is 0.861. The third-order valence-electron chi connectivity index (χ3n) is 4.05. The van der Waals surface area contributed by atoms with Gasteiger partial charge >= 0.3 is 0 Å². The van der Waals surface area contributed by atoms with Crippen LogP contribution in [0.2, 0.25) is 0 Å². The minimum absolute atomic E-state index is 0.0746. The predicted molar refractivity (Wildman–Crippen MR) is 90.3 cm³/mol. The van der Waals surface area contributed by atoms with E-state index in [1.807, 2.05) is 12.1 Å². The zero-order valence-electron chi connectivity index (χ0n) is 12.9. The SMILES string of the molecule is CCCCNC(=O)C1CCCN(c2nc3cccnc3s2)C1. The number of hydrogen-bond donors (Lipinski definition) is 1. The van der Waals surface area contributed by atoms with Crippen LogP contribution in [0.1, 0.15) is 32.6 Å². The molecule has 1 N–H and O–H groups in total. The number of piperidine rings is 1. The maximum atomic E-state index is 12.3. The molecule has 22 heavy (non-hydrogen) atoms. The molecule has 0 bridgehead atoms. The fraction of sp³-hybridized carbons (Fsp3) is 0.562. The van der Waals surface area contributed by atoms with Gasteiger partial charge in [0.05, 0.1) is 5.92 Å². The van der Waals surface area contributed by atoms with Crippen molar-refractivity contribution < 1.29 is 4.79 Å². The summed E-state index contributed by atoms with van der Waals surface area (Å²) in [6.45, 7) is 4.66. The second kappa shape index (κ2) is 7.05. The van der Waals surface area contributed by atoms with Crippen LogP contribution in [0.3, 0.4) is 0 Å². The van der Waals surface area contributed by atoms with Gasteiger partial charge in [-0.25, -0.2) is 9.97 Å². The third kappa shape index (κ3) is 3.38. The molecular formula is C16H22N4OS. The molecule has 3 heterocycles. The maximum Gasteiger partial charge on any atom is 0.224 e. The first-order valence-electron chi connectivity index (χ1n) is 8.02. The van der Waals surface area contributed by atoms with E-state index in [9.17, 15) is 4.79 Å². The largest absolute Gasteiger partial charge is 0.356 e. The molecule has 1 aliphatic rings. The zero-order valence-corrected chi connectivity index (χ0v) is 13.7. The zero-order chi connectivity index (χ0) is 15.4. The van der Waals surface area contributed by atoms with Crippen LogP contribution in [-0.4, -0.2) is 35.5 Å². The van der Waals surface area contributed by atoms with Gasteiger partial charge in [-0.1, -0.05) is 24.7 Å². The van der Waals surface area contributed by atoms with Crippen LogP contribution in [0.5, 0.6) is 0 Å². The van der Waals surface area contributed by atoms with Crippen LogP contribution in [0, 0.1) is 5.92 Å². The van der Waals surface area contributed by atoms with Crippen LogP contribution in [0.15, 0.2) is 18.3 Å². The van der Waals surface area contributed by atoms with Crippen LogP contribution >= 0.6 is 11.3 Å². The number of unbranched alkanes of at least 4 members (excludes halogenated alkanes) is 1. The Bertz CT molecular complexity index is 609. The van der Waals surface area contributed by atoms with Gasteiger partial charge in [-0.15, -0.1) is 0 Å². The van der Waals surface area contributed by atoms with Gasteiger partial charge < -0.3 is 10.2 Å². The summed E-state index contributed by atoms with van der Waals surface area (Å²) in [6, 6.07) is 3.90. The van der Waals surface area contributed by atoms with E-state index in [1.54, 1.807) is 17.5 Å². The number of fused-ring (bicyclic) bond motifs is 1. The molecule has 1 saturated heterocycles. The molecule has 1 fully saturated rings. The minimum atomic E-state index is 0.0746. The number of carbonyl (C=O) groups excluding carboxylic acids is 1. The number of amides is 1. The van der Waals surface area contributed by atoms with Gasteiger partial charge in [0.1, 0.15) is 10.3 Å². The van der Waals surface area contributed by atoms with Gasteiger partial charge in [0.2, 0.25) is 5.91 Å². The Kier molecular flexibility index (Phi) is 4.87. The molecule has 5 nitrogen and oxygen atoms in total. The second-order valence-electron chi connectivity index (χ2n) is 5.75. The Hall–Kier alpha value is -1.69. The van der Waals surface area contributed by atoms with Gasteiger partial charge in [-0.05, 0) is 31.4 Å². The highest BCUT2D eigenvalue weighted by molar-refractivity contribution is 7.21. The molecule has 1 atom stereocenters. The number of nitrogens with one attached hydrogen (secondary N) is 1. The Morgan fingerprint density at radius 2 is 2.45 bits per heavy atom. The highest BCUT2D eigenvalue weighted by Crippen LogP contribution is 2.30. The monoisotopic (exact) mass is 318 g/mol. The predicted octanol–water partition coefficient (Wildman–Crippen LogP) is 2.82. The van der Waals surface area contributed by atoms with Gasteiger partial charge in [-0.2, -0.15) is 0 Å². The molecule has 0 saturated carbocycles. The van der Waals surface area contributed by atoms with Crippen molar-refractivity contribution in [3.05, 3.63) is 18.3 Å². The number of thiazole rings is 1. The fourth-order valence-electron chi connectivity index (χ4n) is 2.79. The van der Waals surface area contributed by atoms with Crippen LogP contribution < -0.4 is 10.2 Å². The molecule has 1 unspecified atom stereocenters. The van der Waals surface area contributed by atoms with Crippen molar-refractivity contribution in [1.29, 1.82) is 0 Å². The lowest BCUT2D eigenvalue weighted by Crippen LogP contribution is -2.43. The van der Waals surface area contributed by atoms with E-state index in [1.165, 1.54) is 0 Å². The van der Waals surface area contributed by atoms with E-state index in [4.69, 9.17) is 0 Å². The highest BCUT2D eigenvalue weighted by atomic mass is 32.1. The van der Waals surface area contributed by atoms with Crippen molar-refractivity contribution in [1.82, 2.24) is 15.3 Å². The number of carbonyl (C=O) groups is 1. The van der Waals surface area contributed by atoms with Crippen molar-refractivity contribution in [2.75, 3.05) is 24.5 Å². The summed E-state index contributed by atoms with van der Waals surface area (Å²) in [5.74, 6) is 0.267. The Labute approximate surface area is 134 Å². The standard InChI is InChI=1S/C16H22N4OS/c1-2-3-8-17-14(21)12-6-5-10-20(11-12)16-19-13-7-4-9-18-15(13)22-16/h4,7,9,12H,2-3,5-6,8,10-11H2,1H3,(H,17,21). The van der Waals surface area contributed by atoms with Crippen molar-refractivity contribution >= 4 is 32.7 Å². The van der Waals surface area contributed by atoms with Crippen LogP contribution in [0.4, 0.5) is 5.13 Å².